The molecule has 0 rings (SSSR count). The van der Waals surface area contributed by atoms with Crippen molar-refractivity contribution in [1.82, 2.24) is 0 Å². The van der Waals surface area contributed by atoms with Crippen LogP contribution >= 0.6 is 0 Å². The predicted molar refractivity (Wildman–Crippen MR) is 52.7 cm³/mol. The zero-order valence-electron chi connectivity index (χ0n) is 8.85. The zero-order valence-corrected chi connectivity index (χ0v) is 8.85. The van der Waals surface area contributed by atoms with E-state index in [0.717, 1.165) is 17.8 Å². The lowest BCUT2D eigenvalue weighted by Crippen LogP contribution is -2.10. The van der Waals surface area contributed by atoms with Gasteiger partial charge in [0.2, 0.25) is 0 Å². The Labute approximate surface area is 72.4 Å². The topological polar surface area (TPSA) is 0 Å². The molecule has 0 saturated heterocycles. The van der Waals surface area contributed by atoms with Gasteiger partial charge in [0.1, 0.15) is 0 Å². The van der Waals surface area contributed by atoms with Crippen molar-refractivity contribution in [2.24, 2.45) is 17.8 Å². The van der Waals surface area contributed by atoms with Gasteiger partial charge in [-0.3, -0.25) is 0 Å². The van der Waals surface area contributed by atoms with Crippen LogP contribution in [-0.4, -0.2) is 0 Å². The summed E-state index contributed by atoms with van der Waals surface area (Å²) in [6.45, 7) is 11.6. The molecule has 0 heterocycles. The predicted octanol–water partition coefficient (Wildman–Crippen LogP) is 4.10. The molecule has 0 bridgehead atoms. The third-order valence-corrected chi connectivity index (χ3v) is 3.00. The van der Waals surface area contributed by atoms with Gasteiger partial charge >= 0.3 is 0 Å². The first kappa shape index (κ1) is 11.0. The van der Waals surface area contributed by atoms with Crippen LogP contribution in [0.1, 0.15) is 53.9 Å². The van der Waals surface area contributed by atoms with E-state index in [1.165, 1.54) is 19.3 Å². The largest absolute Gasteiger partial charge is 0.0651 e. The van der Waals surface area contributed by atoms with Gasteiger partial charge in [-0.15, -0.1) is 0 Å². The smallest absolute Gasteiger partial charge is 0.0417 e. The molecule has 0 radical (unpaired) electrons. The van der Waals surface area contributed by atoms with Crippen molar-refractivity contribution in [1.29, 1.82) is 0 Å². The summed E-state index contributed by atoms with van der Waals surface area (Å²) < 4.78 is 0. The molecule has 11 heavy (non-hydrogen) atoms. The highest BCUT2D eigenvalue weighted by Gasteiger charge is 2.12. The van der Waals surface area contributed by atoms with Crippen LogP contribution in [0.3, 0.4) is 0 Å². The number of rotatable bonds is 5. The van der Waals surface area contributed by atoms with Gasteiger partial charge in [0, 0.05) is 0 Å². The molecule has 0 heteroatoms. The molecular formula is C11H24. The van der Waals surface area contributed by atoms with Crippen molar-refractivity contribution in [3.63, 3.8) is 0 Å². The fraction of sp³-hybridized carbons (Fsp3) is 1.00. The molecule has 0 amide bonds. The Balaban J connectivity index is 3.62. The van der Waals surface area contributed by atoms with Crippen LogP contribution < -0.4 is 0 Å². The van der Waals surface area contributed by atoms with Crippen LogP contribution in [0.2, 0.25) is 0 Å². The molecule has 1 atom stereocenters. The fourth-order valence-electron chi connectivity index (χ4n) is 1.42. The van der Waals surface area contributed by atoms with E-state index < -0.39 is 0 Å². The van der Waals surface area contributed by atoms with E-state index in [0.29, 0.717) is 0 Å². The Bertz CT molecular complexity index is 80.0. The molecule has 0 unspecified atom stereocenters. The minimum Gasteiger partial charge on any atom is -0.0651 e. The third-order valence-electron chi connectivity index (χ3n) is 3.00. The van der Waals surface area contributed by atoms with Gasteiger partial charge in [0.05, 0.1) is 0 Å². The zero-order chi connectivity index (χ0) is 8.85. The molecule has 0 aliphatic heterocycles. The summed E-state index contributed by atoms with van der Waals surface area (Å²) in [6.07, 6.45) is 4.13. The van der Waals surface area contributed by atoms with E-state index >= 15 is 0 Å². The Hall–Kier alpha value is 0. The molecule has 0 aromatic heterocycles. The van der Waals surface area contributed by atoms with E-state index in [2.05, 4.69) is 34.6 Å². The van der Waals surface area contributed by atoms with Crippen LogP contribution in [0, 0.1) is 17.8 Å². The second-order valence-corrected chi connectivity index (χ2v) is 4.14. The lowest BCUT2D eigenvalue weighted by molar-refractivity contribution is 0.307. The summed E-state index contributed by atoms with van der Waals surface area (Å²) in [5.74, 6) is 2.72. The molecular weight excluding hydrogens is 132 g/mol. The van der Waals surface area contributed by atoms with Crippen LogP contribution in [0.25, 0.3) is 0 Å². The highest BCUT2D eigenvalue weighted by molar-refractivity contribution is 4.63. The van der Waals surface area contributed by atoms with Crippen LogP contribution in [0.5, 0.6) is 0 Å². The third kappa shape index (κ3) is 4.44. The fourth-order valence-corrected chi connectivity index (χ4v) is 1.42. The summed E-state index contributed by atoms with van der Waals surface area (Å²) in [4.78, 5) is 0. The van der Waals surface area contributed by atoms with Crippen molar-refractivity contribution < 1.29 is 0 Å². The molecule has 68 valence electrons. The van der Waals surface area contributed by atoms with Gasteiger partial charge in [-0.2, -0.15) is 0 Å². The minimum atomic E-state index is 0.857. The lowest BCUT2D eigenvalue weighted by Gasteiger charge is -2.20. The highest BCUT2D eigenvalue weighted by Crippen LogP contribution is 2.23. The average Bonchev–Trinajstić information content (AvgIpc) is 1.99. The first-order chi connectivity index (χ1) is 5.11. The van der Waals surface area contributed by atoms with Gasteiger partial charge in [-0.05, 0) is 24.2 Å². The Morgan fingerprint density at radius 2 is 1.36 bits per heavy atom. The monoisotopic (exact) mass is 156 g/mol. The molecule has 0 nitrogen and oxygen atoms in total. The summed E-state index contributed by atoms with van der Waals surface area (Å²) in [7, 11) is 0. The van der Waals surface area contributed by atoms with Crippen molar-refractivity contribution in [2.45, 2.75) is 53.9 Å². The standard InChI is InChI=1S/C11H24/c1-6-11(7-2)8-10(5)9(3)4/h9-11H,6-8H2,1-5H3/t10-/m0/s1. The van der Waals surface area contributed by atoms with E-state index in [4.69, 9.17) is 0 Å². The average molecular weight is 156 g/mol. The van der Waals surface area contributed by atoms with E-state index in [1.807, 2.05) is 0 Å². The number of hydrogen-bond donors (Lipinski definition) is 0. The highest BCUT2D eigenvalue weighted by atomic mass is 14.2. The van der Waals surface area contributed by atoms with Gasteiger partial charge < -0.3 is 0 Å². The van der Waals surface area contributed by atoms with E-state index in [1.54, 1.807) is 0 Å². The van der Waals surface area contributed by atoms with Crippen molar-refractivity contribution in [3.05, 3.63) is 0 Å². The second kappa shape index (κ2) is 5.62. The summed E-state index contributed by atoms with van der Waals surface area (Å²) in [5.41, 5.74) is 0. The lowest BCUT2D eigenvalue weighted by atomic mass is 9.85. The Kier molecular flexibility index (Phi) is 5.62. The maximum Gasteiger partial charge on any atom is -0.0417 e. The first-order valence-electron chi connectivity index (χ1n) is 5.11. The van der Waals surface area contributed by atoms with Gasteiger partial charge in [0.25, 0.3) is 0 Å². The molecule has 0 saturated carbocycles. The molecule has 0 N–H and O–H groups in total. The molecule has 0 aliphatic carbocycles. The molecule has 0 aromatic rings. The maximum atomic E-state index is 2.38. The van der Waals surface area contributed by atoms with Crippen LogP contribution in [0.4, 0.5) is 0 Å². The van der Waals surface area contributed by atoms with Gasteiger partial charge in [0.15, 0.2) is 0 Å². The van der Waals surface area contributed by atoms with Gasteiger partial charge in [-0.1, -0.05) is 47.5 Å². The summed E-state index contributed by atoms with van der Waals surface area (Å²) >= 11 is 0. The second-order valence-electron chi connectivity index (χ2n) is 4.14. The number of hydrogen-bond acceptors (Lipinski definition) is 0. The summed E-state index contributed by atoms with van der Waals surface area (Å²) in [6, 6.07) is 0. The quantitative estimate of drug-likeness (QED) is 0.562. The SMILES string of the molecule is CCC(CC)C[C@H](C)C(C)C. The Morgan fingerprint density at radius 1 is 0.909 bits per heavy atom. The minimum absolute atomic E-state index is 0.857. The molecule has 0 fully saturated rings. The van der Waals surface area contributed by atoms with Gasteiger partial charge in [-0.25, -0.2) is 0 Å². The van der Waals surface area contributed by atoms with Crippen molar-refractivity contribution >= 4 is 0 Å². The molecule has 0 spiro atoms. The maximum absolute atomic E-state index is 2.38. The van der Waals surface area contributed by atoms with E-state index in [9.17, 15) is 0 Å². The van der Waals surface area contributed by atoms with Crippen LogP contribution in [-0.2, 0) is 0 Å². The van der Waals surface area contributed by atoms with Crippen molar-refractivity contribution in [2.75, 3.05) is 0 Å². The first-order valence-corrected chi connectivity index (χ1v) is 5.11. The molecule has 0 aliphatic rings. The normalized spacial score (nSPS) is 14.5. The van der Waals surface area contributed by atoms with E-state index in [-0.39, 0.29) is 0 Å². The molecule has 0 aromatic carbocycles. The Morgan fingerprint density at radius 3 is 1.64 bits per heavy atom. The van der Waals surface area contributed by atoms with Crippen LogP contribution in [0.15, 0.2) is 0 Å². The summed E-state index contributed by atoms with van der Waals surface area (Å²) in [5, 5.41) is 0. The van der Waals surface area contributed by atoms with Crippen molar-refractivity contribution in [3.8, 4) is 0 Å².